The van der Waals surface area contributed by atoms with Crippen LogP contribution in [-0.4, -0.2) is 55.5 Å². The molecule has 0 saturated heterocycles. The molecule has 5 heterocycles. The average molecular weight is 512 g/mol. The zero-order valence-electron chi connectivity index (χ0n) is 18.4. The molecule has 0 fully saturated rings. The Kier molecular flexibility index (Phi) is 5.46. The van der Waals surface area contributed by atoms with Gasteiger partial charge >= 0.3 is 12.6 Å². The number of amides is 1. The standard InChI is InChI=1S/C19H17F5N10O2/c1-18(17-33-32-15(36-17)10(20)21)9-11(25)29-12(30-13(9)31-16(18)35)8-5-34-14(26-6-27-34)7(28-8)3-2-4-19(22,23)24/h5,10,27H,2-4,6H2,1H3,(H3,25,29,30,31,35). The minimum absolute atomic E-state index is 0.00722. The first kappa shape index (κ1) is 23.7. The molecular formula is C19H17F5N10O2. The van der Waals surface area contributed by atoms with Gasteiger partial charge in [-0.1, -0.05) is 0 Å². The molecule has 3 aliphatic heterocycles. The molecule has 17 heteroatoms. The van der Waals surface area contributed by atoms with Crippen LogP contribution in [-0.2, 0) is 10.2 Å². The molecule has 190 valence electrons. The number of anilines is 2. The largest absolute Gasteiger partial charge is 0.418 e. The van der Waals surface area contributed by atoms with Crippen molar-refractivity contribution in [2.75, 3.05) is 17.7 Å². The van der Waals surface area contributed by atoms with Crippen LogP contribution in [0.15, 0.2) is 20.6 Å². The Morgan fingerprint density at radius 2 is 2.06 bits per heavy atom. The highest BCUT2D eigenvalue weighted by molar-refractivity contribution is 6.43. The van der Waals surface area contributed by atoms with Crippen LogP contribution in [0.3, 0.4) is 0 Å². The molecule has 0 aromatic carbocycles. The smallest absolute Gasteiger partial charge is 0.389 e. The zero-order chi connectivity index (χ0) is 25.8. The molecule has 4 N–H and O–H groups in total. The van der Waals surface area contributed by atoms with Crippen molar-refractivity contribution in [2.24, 2.45) is 9.98 Å². The number of hydrogen-bond donors (Lipinski definition) is 3. The minimum Gasteiger partial charge on any atom is -0.418 e. The lowest BCUT2D eigenvalue weighted by atomic mass is 9.84. The highest BCUT2D eigenvalue weighted by Crippen LogP contribution is 2.44. The SMILES string of the molecule is CC1(c2nnc(C(F)F)o2)C(=O)Nc2nc(C3=CN4NCN=C4C(CCCC(F)(F)F)=N3)nc(N)c21. The van der Waals surface area contributed by atoms with Gasteiger partial charge in [-0.05, 0) is 19.8 Å². The van der Waals surface area contributed by atoms with E-state index < -0.39 is 42.1 Å². The van der Waals surface area contributed by atoms with Gasteiger partial charge in [-0.3, -0.25) is 9.80 Å². The van der Waals surface area contributed by atoms with Gasteiger partial charge < -0.3 is 15.5 Å². The van der Waals surface area contributed by atoms with Gasteiger partial charge in [-0.2, -0.15) is 22.0 Å². The van der Waals surface area contributed by atoms with E-state index in [0.29, 0.717) is 11.5 Å². The summed E-state index contributed by atoms with van der Waals surface area (Å²) in [5.41, 5.74) is 7.84. The lowest BCUT2D eigenvalue weighted by molar-refractivity contribution is -0.135. The number of halogens is 5. The van der Waals surface area contributed by atoms with Crippen molar-refractivity contribution in [3.05, 3.63) is 29.4 Å². The van der Waals surface area contributed by atoms with Crippen LogP contribution in [0.5, 0.6) is 0 Å². The van der Waals surface area contributed by atoms with Crippen molar-refractivity contribution in [3.63, 3.8) is 0 Å². The molecule has 1 amide bonds. The highest BCUT2D eigenvalue weighted by Gasteiger charge is 2.52. The van der Waals surface area contributed by atoms with Crippen LogP contribution < -0.4 is 16.5 Å². The average Bonchev–Trinajstić information content (AvgIpc) is 3.52. The van der Waals surface area contributed by atoms with E-state index in [1.165, 1.54) is 18.1 Å². The van der Waals surface area contributed by atoms with Gasteiger partial charge in [0.2, 0.25) is 11.8 Å². The first-order chi connectivity index (χ1) is 17.0. The van der Waals surface area contributed by atoms with E-state index in [9.17, 15) is 26.7 Å². The van der Waals surface area contributed by atoms with E-state index in [-0.39, 0.29) is 48.2 Å². The van der Waals surface area contributed by atoms with Gasteiger partial charge in [0.1, 0.15) is 24.0 Å². The van der Waals surface area contributed by atoms with E-state index in [1.54, 1.807) is 0 Å². The molecule has 2 aromatic heterocycles. The normalized spacial score (nSPS) is 21.2. The van der Waals surface area contributed by atoms with Crippen molar-refractivity contribution in [3.8, 4) is 0 Å². The van der Waals surface area contributed by atoms with E-state index >= 15 is 0 Å². The van der Waals surface area contributed by atoms with Crippen LogP contribution in [0, 0.1) is 0 Å². The third-order valence-corrected chi connectivity index (χ3v) is 5.74. The van der Waals surface area contributed by atoms with Crippen LogP contribution >= 0.6 is 0 Å². The second kappa shape index (κ2) is 8.28. The first-order valence-electron chi connectivity index (χ1n) is 10.5. The summed E-state index contributed by atoms with van der Waals surface area (Å²) in [6, 6.07) is 0. The van der Waals surface area contributed by atoms with Gasteiger partial charge in [0.05, 0.1) is 17.5 Å². The molecule has 0 aliphatic carbocycles. The Bertz CT molecular complexity index is 1330. The molecule has 0 radical (unpaired) electrons. The Balaban J connectivity index is 1.50. The second-order valence-electron chi connectivity index (χ2n) is 8.19. The molecule has 1 unspecified atom stereocenters. The third kappa shape index (κ3) is 3.94. The Labute approximate surface area is 198 Å². The highest BCUT2D eigenvalue weighted by atomic mass is 19.4. The summed E-state index contributed by atoms with van der Waals surface area (Å²) in [7, 11) is 0. The molecule has 0 spiro atoms. The van der Waals surface area contributed by atoms with Crippen molar-refractivity contribution in [1.29, 1.82) is 0 Å². The maximum absolute atomic E-state index is 12.9. The van der Waals surface area contributed by atoms with Crippen molar-refractivity contribution >= 4 is 34.8 Å². The lowest BCUT2D eigenvalue weighted by Crippen LogP contribution is -2.39. The van der Waals surface area contributed by atoms with Crippen molar-refractivity contribution < 1.29 is 31.2 Å². The lowest BCUT2D eigenvalue weighted by Gasteiger charge is -2.23. The number of fused-ring (bicyclic) bond motifs is 2. The fraction of sp³-hybridized carbons (Fsp3) is 0.421. The minimum atomic E-state index is -4.31. The topological polar surface area (TPSA) is 160 Å². The van der Waals surface area contributed by atoms with Gasteiger partial charge in [-0.15, -0.1) is 10.2 Å². The Morgan fingerprint density at radius 1 is 1.28 bits per heavy atom. The summed E-state index contributed by atoms with van der Waals surface area (Å²) in [5.74, 6) is -1.94. The van der Waals surface area contributed by atoms with Gasteiger partial charge in [0.15, 0.2) is 17.1 Å². The van der Waals surface area contributed by atoms with Crippen molar-refractivity contribution in [2.45, 2.75) is 44.2 Å². The summed E-state index contributed by atoms with van der Waals surface area (Å²) in [6.07, 6.45) is -7.05. The number of carbonyl (C=O) groups excluding carboxylic acids is 1. The van der Waals surface area contributed by atoms with Crippen molar-refractivity contribution in [1.82, 2.24) is 30.6 Å². The first-order valence-corrected chi connectivity index (χ1v) is 10.5. The number of amidine groups is 1. The van der Waals surface area contributed by atoms with E-state index in [0.717, 1.165) is 0 Å². The van der Waals surface area contributed by atoms with Crippen LogP contribution in [0.25, 0.3) is 5.70 Å². The number of hydrogen-bond acceptors (Lipinski definition) is 11. The molecule has 0 saturated carbocycles. The summed E-state index contributed by atoms with van der Waals surface area (Å²) < 4.78 is 68.8. The predicted molar refractivity (Wildman–Crippen MR) is 113 cm³/mol. The monoisotopic (exact) mass is 512 g/mol. The molecule has 36 heavy (non-hydrogen) atoms. The zero-order valence-corrected chi connectivity index (χ0v) is 18.4. The van der Waals surface area contributed by atoms with E-state index in [2.05, 4.69) is 40.9 Å². The molecule has 0 bridgehead atoms. The number of carbonyl (C=O) groups is 1. The summed E-state index contributed by atoms with van der Waals surface area (Å²) in [5, 5.41) is 10.8. The molecular weight excluding hydrogens is 495 g/mol. The van der Waals surface area contributed by atoms with Crippen LogP contribution in [0.1, 0.15) is 55.8 Å². The number of nitrogens with one attached hydrogen (secondary N) is 2. The number of aromatic nitrogens is 4. The Morgan fingerprint density at radius 3 is 2.75 bits per heavy atom. The molecule has 12 nitrogen and oxygen atoms in total. The molecule has 1 atom stereocenters. The molecule has 2 aromatic rings. The van der Waals surface area contributed by atoms with Crippen LogP contribution in [0.2, 0.25) is 0 Å². The fourth-order valence-corrected chi connectivity index (χ4v) is 4.00. The van der Waals surface area contributed by atoms with E-state index in [4.69, 9.17) is 10.2 Å². The van der Waals surface area contributed by atoms with E-state index in [1.807, 2.05) is 0 Å². The predicted octanol–water partition coefficient (Wildman–Crippen LogP) is 2.30. The fourth-order valence-electron chi connectivity index (χ4n) is 4.00. The second-order valence-corrected chi connectivity index (χ2v) is 8.19. The maximum atomic E-state index is 12.9. The number of alkyl halides is 5. The summed E-state index contributed by atoms with van der Waals surface area (Å²) in [4.78, 5) is 30.0. The van der Waals surface area contributed by atoms with Gasteiger partial charge in [0, 0.05) is 6.42 Å². The van der Waals surface area contributed by atoms with Gasteiger partial charge in [0.25, 0.3) is 5.89 Å². The quantitative estimate of drug-likeness (QED) is 0.494. The number of nitrogen functional groups attached to an aromatic ring is 1. The number of aliphatic imine (C=N–C) groups is 2. The number of rotatable bonds is 6. The Hall–Kier alpha value is -4.02. The third-order valence-electron chi connectivity index (χ3n) is 5.74. The van der Waals surface area contributed by atoms with Crippen LogP contribution in [0.4, 0.5) is 33.6 Å². The molecule has 5 rings (SSSR count). The number of hydrazine groups is 1. The number of nitrogens with zero attached hydrogens (tertiary/aromatic N) is 7. The summed E-state index contributed by atoms with van der Waals surface area (Å²) >= 11 is 0. The summed E-state index contributed by atoms with van der Waals surface area (Å²) in [6.45, 7) is 1.55. The number of nitrogens with two attached hydrogens (primary N) is 1. The maximum Gasteiger partial charge on any atom is 0.389 e. The van der Waals surface area contributed by atoms with Gasteiger partial charge in [-0.25, -0.2) is 25.4 Å². The molecule has 3 aliphatic rings.